The summed E-state index contributed by atoms with van der Waals surface area (Å²) in [5.41, 5.74) is 1.02. The second-order valence-electron chi connectivity index (χ2n) is 4.76. The van der Waals surface area contributed by atoms with Crippen molar-refractivity contribution >= 4 is 17.3 Å². The van der Waals surface area contributed by atoms with Crippen LogP contribution in [-0.4, -0.2) is 33.5 Å². The molecule has 2 rings (SSSR count). The van der Waals surface area contributed by atoms with E-state index in [1.165, 1.54) is 0 Å². The van der Waals surface area contributed by atoms with Gasteiger partial charge in [0.2, 0.25) is 0 Å². The number of hydrogen-bond donors (Lipinski definition) is 1. The van der Waals surface area contributed by atoms with E-state index >= 15 is 0 Å². The molecule has 1 fully saturated rings. The maximum Gasteiger partial charge on any atom is 0.321 e. The van der Waals surface area contributed by atoms with Gasteiger partial charge in [-0.1, -0.05) is 6.92 Å². The van der Waals surface area contributed by atoms with Crippen molar-refractivity contribution in [2.24, 2.45) is 5.92 Å². The fraction of sp³-hybridized carbons (Fsp3) is 0.667. The van der Waals surface area contributed by atoms with Gasteiger partial charge in [-0.3, -0.25) is 9.69 Å². The number of likely N-dealkylation sites (tertiary alicyclic amines) is 1. The fourth-order valence-electron chi connectivity index (χ4n) is 2.50. The predicted octanol–water partition coefficient (Wildman–Crippen LogP) is 2.14. The van der Waals surface area contributed by atoms with Crippen LogP contribution in [0.5, 0.6) is 0 Å². The number of carboxylic acids is 1. The highest BCUT2D eigenvalue weighted by Crippen LogP contribution is 2.25. The van der Waals surface area contributed by atoms with E-state index in [-0.39, 0.29) is 12.0 Å². The van der Waals surface area contributed by atoms with Crippen LogP contribution in [0.2, 0.25) is 0 Å². The number of rotatable bonds is 3. The first kappa shape index (κ1) is 12.5. The topological polar surface area (TPSA) is 53.4 Å². The monoisotopic (exact) mass is 254 g/mol. The van der Waals surface area contributed by atoms with Crippen molar-refractivity contribution in [2.45, 2.75) is 39.3 Å². The molecule has 0 amide bonds. The average molecular weight is 254 g/mol. The predicted molar refractivity (Wildman–Crippen MR) is 67.1 cm³/mol. The summed E-state index contributed by atoms with van der Waals surface area (Å²) in [4.78, 5) is 17.8. The van der Waals surface area contributed by atoms with Gasteiger partial charge in [0.1, 0.15) is 11.0 Å². The molecule has 94 valence electrons. The first-order chi connectivity index (χ1) is 8.08. The largest absolute Gasteiger partial charge is 0.480 e. The van der Waals surface area contributed by atoms with Gasteiger partial charge in [-0.15, -0.1) is 11.3 Å². The van der Waals surface area contributed by atoms with Gasteiger partial charge in [-0.2, -0.15) is 0 Å². The van der Waals surface area contributed by atoms with Crippen LogP contribution in [0.4, 0.5) is 0 Å². The van der Waals surface area contributed by atoms with Gasteiger partial charge in [0.05, 0.1) is 6.54 Å². The van der Waals surface area contributed by atoms with Crippen LogP contribution in [0.1, 0.15) is 30.5 Å². The Kier molecular flexibility index (Phi) is 3.79. The lowest BCUT2D eigenvalue weighted by atomic mass is 9.91. The third-order valence-corrected chi connectivity index (χ3v) is 4.25. The summed E-state index contributed by atoms with van der Waals surface area (Å²) >= 11 is 1.61. The Morgan fingerprint density at radius 2 is 2.47 bits per heavy atom. The van der Waals surface area contributed by atoms with Crippen LogP contribution in [-0.2, 0) is 11.3 Å². The maximum atomic E-state index is 11.3. The minimum absolute atomic E-state index is 0.224. The molecule has 1 aromatic rings. The van der Waals surface area contributed by atoms with E-state index in [2.05, 4.69) is 9.88 Å². The van der Waals surface area contributed by atoms with E-state index in [4.69, 9.17) is 0 Å². The molecule has 1 aliphatic heterocycles. The number of carbonyl (C=O) groups is 1. The summed E-state index contributed by atoms with van der Waals surface area (Å²) in [5.74, 6) is -0.479. The van der Waals surface area contributed by atoms with Crippen molar-refractivity contribution in [2.75, 3.05) is 6.54 Å². The molecule has 1 saturated heterocycles. The van der Waals surface area contributed by atoms with Crippen LogP contribution in [0.25, 0.3) is 0 Å². The number of carboxylic acid groups (broad SMARTS) is 1. The van der Waals surface area contributed by atoms with Gasteiger partial charge in [-0.25, -0.2) is 4.98 Å². The van der Waals surface area contributed by atoms with Crippen molar-refractivity contribution < 1.29 is 9.90 Å². The average Bonchev–Trinajstić information content (AvgIpc) is 2.63. The van der Waals surface area contributed by atoms with Gasteiger partial charge >= 0.3 is 5.97 Å². The Hall–Kier alpha value is -0.940. The highest BCUT2D eigenvalue weighted by Gasteiger charge is 2.34. The highest BCUT2D eigenvalue weighted by molar-refractivity contribution is 7.09. The number of hydrogen-bond acceptors (Lipinski definition) is 4. The number of nitrogens with zero attached hydrogens (tertiary/aromatic N) is 2. The number of piperidine rings is 1. The molecule has 2 unspecified atom stereocenters. The molecule has 0 bridgehead atoms. The summed E-state index contributed by atoms with van der Waals surface area (Å²) in [6.07, 6.45) is 2.08. The normalized spacial score (nSPS) is 26.0. The van der Waals surface area contributed by atoms with Crippen molar-refractivity contribution in [1.82, 2.24) is 9.88 Å². The fourth-order valence-corrected chi connectivity index (χ4v) is 3.30. The molecule has 0 aromatic carbocycles. The summed E-state index contributed by atoms with van der Waals surface area (Å²) < 4.78 is 0. The molecule has 0 aliphatic carbocycles. The zero-order valence-electron chi connectivity index (χ0n) is 10.2. The Morgan fingerprint density at radius 3 is 3.06 bits per heavy atom. The zero-order chi connectivity index (χ0) is 12.4. The molecule has 0 saturated carbocycles. The molecule has 0 radical (unpaired) electrons. The summed E-state index contributed by atoms with van der Waals surface area (Å²) in [6, 6.07) is -0.354. The van der Waals surface area contributed by atoms with Crippen LogP contribution < -0.4 is 0 Å². The molecule has 2 heterocycles. The number of aryl methyl sites for hydroxylation is 1. The second-order valence-corrected chi connectivity index (χ2v) is 5.70. The third-order valence-electron chi connectivity index (χ3n) is 3.30. The molecule has 1 aromatic heterocycles. The van der Waals surface area contributed by atoms with Crippen molar-refractivity contribution in [3.8, 4) is 0 Å². The third kappa shape index (κ3) is 2.84. The first-order valence-corrected chi connectivity index (χ1v) is 6.83. The molecular formula is C12H18N2O2S. The summed E-state index contributed by atoms with van der Waals surface area (Å²) in [6.45, 7) is 5.52. The first-order valence-electron chi connectivity index (χ1n) is 5.96. The van der Waals surface area contributed by atoms with Gasteiger partial charge < -0.3 is 5.11 Å². The second kappa shape index (κ2) is 5.14. The van der Waals surface area contributed by atoms with Gasteiger partial charge in [0.15, 0.2) is 0 Å². The van der Waals surface area contributed by atoms with Crippen LogP contribution >= 0.6 is 11.3 Å². The minimum Gasteiger partial charge on any atom is -0.480 e. The van der Waals surface area contributed by atoms with Gasteiger partial charge in [0.25, 0.3) is 0 Å². The standard InChI is InChI=1S/C12H18N2O2S/c1-8-4-3-5-14(11(8)12(15)16)6-10-13-9(2)7-17-10/h7-8,11H,3-6H2,1-2H3,(H,15,16). The van der Waals surface area contributed by atoms with E-state index in [0.29, 0.717) is 6.54 Å². The maximum absolute atomic E-state index is 11.3. The number of aliphatic carboxylic acids is 1. The minimum atomic E-state index is -0.703. The van der Waals surface area contributed by atoms with E-state index in [0.717, 1.165) is 30.1 Å². The number of thiazole rings is 1. The molecule has 1 aliphatic rings. The SMILES string of the molecule is Cc1csc(CN2CCCC(C)C2C(=O)O)n1. The van der Waals surface area contributed by atoms with Gasteiger partial charge in [0, 0.05) is 11.1 Å². The van der Waals surface area contributed by atoms with Crippen LogP contribution in [0, 0.1) is 12.8 Å². The quantitative estimate of drug-likeness (QED) is 0.898. The Bertz CT molecular complexity index is 405. The van der Waals surface area contributed by atoms with Gasteiger partial charge in [-0.05, 0) is 32.2 Å². The molecular weight excluding hydrogens is 236 g/mol. The van der Waals surface area contributed by atoms with Crippen molar-refractivity contribution in [1.29, 1.82) is 0 Å². The molecule has 0 spiro atoms. The molecule has 5 heteroatoms. The van der Waals surface area contributed by atoms with E-state index < -0.39 is 5.97 Å². The summed E-state index contributed by atoms with van der Waals surface area (Å²) in [5, 5.41) is 12.3. The Labute approximate surface area is 105 Å². The molecule has 1 N–H and O–H groups in total. The number of aromatic nitrogens is 1. The lowest BCUT2D eigenvalue weighted by Gasteiger charge is -2.36. The molecule has 2 atom stereocenters. The van der Waals surface area contributed by atoms with E-state index in [1.54, 1.807) is 11.3 Å². The van der Waals surface area contributed by atoms with Crippen LogP contribution in [0.15, 0.2) is 5.38 Å². The molecule has 17 heavy (non-hydrogen) atoms. The van der Waals surface area contributed by atoms with E-state index in [1.807, 2.05) is 19.2 Å². The Morgan fingerprint density at radius 1 is 1.71 bits per heavy atom. The van der Waals surface area contributed by atoms with Crippen LogP contribution in [0.3, 0.4) is 0 Å². The lowest BCUT2D eigenvalue weighted by Crippen LogP contribution is -2.48. The lowest BCUT2D eigenvalue weighted by molar-refractivity contribution is -0.147. The highest BCUT2D eigenvalue weighted by atomic mass is 32.1. The smallest absolute Gasteiger partial charge is 0.321 e. The van der Waals surface area contributed by atoms with Crippen molar-refractivity contribution in [3.05, 3.63) is 16.1 Å². The Balaban J connectivity index is 2.09. The summed E-state index contributed by atoms with van der Waals surface area (Å²) in [7, 11) is 0. The van der Waals surface area contributed by atoms with Crippen molar-refractivity contribution in [3.63, 3.8) is 0 Å². The van der Waals surface area contributed by atoms with E-state index in [9.17, 15) is 9.90 Å². The zero-order valence-corrected chi connectivity index (χ0v) is 11.0. The molecule has 4 nitrogen and oxygen atoms in total.